The Bertz CT molecular complexity index is 514. The van der Waals surface area contributed by atoms with Crippen molar-refractivity contribution < 1.29 is 0 Å². The van der Waals surface area contributed by atoms with Crippen molar-refractivity contribution in [3.63, 3.8) is 0 Å². The maximum absolute atomic E-state index is 6.09. The van der Waals surface area contributed by atoms with Crippen LogP contribution in [0.4, 0.5) is 0 Å². The second-order valence-electron chi connectivity index (χ2n) is 5.66. The van der Waals surface area contributed by atoms with Gasteiger partial charge in [0.2, 0.25) is 0 Å². The Morgan fingerprint density at radius 3 is 2.58 bits per heavy atom. The summed E-state index contributed by atoms with van der Waals surface area (Å²) < 4.78 is 0. The van der Waals surface area contributed by atoms with Crippen LogP contribution in [0, 0.1) is 5.92 Å². The van der Waals surface area contributed by atoms with Gasteiger partial charge >= 0.3 is 0 Å². The monoisotopic (exact) mass is 256 g/mol. The molecule has 0 radical (unpaired) electrons. The number of nitrogens with one attached hydrogen (secondary N) is 1. The molecule has 1 atom stereocenters. The van der Waals surface area contributed by atoms with Gasteiger partial charge in [0.25, 0.3) is 0 Å². The predicted molar refractivity (Wildman–Crippen MR) is 83.1 cm³/mol. The molecule has 2 nitrogen and oxygen atoms in total. The van der Waals surface area contributed by atoms with E-state index in [-0.39, 0.29) is 6.04 Å². The molecule has 3 N–H and O–H groups in total. The van der Waals surface area contributed by atoms with Crippen LogP contribution in [0.5, 0.6) is 0 Å². The lowest BCUT2D eigenvalue weighted by molar-refractivity contribution is 0.468. The van der Waals surface area contributed by atoms with E-state index in [1.807, 2.05) is 0 Å². The molecule has 2 rings (SSSR count). The number of rotatable bonds is 6. The highest BCUT2D eigenvalue weighted by Crippen LogP contribution is 2.18. The molecule has 0 saturated heterocycles. The molecular weight excluding hydrogens is 232 g/mol. The maximum atomic E-state index is 6.09. The van der Waals surface area contributed by atoms with Gasteiger partial charge in [-0.15, -0.1) is 0 Å². The van der Waals surface area contributed by atoms with Gasteiger partial charge in [0.05, 0.1) is 0 Å². The first-order chi connectivity index (χ1) is 9.16. The fourth-order valence-electron chi connectivity index (χ4n) is 2.53. The third-order valence-corrected chi connectivity index (χ3v) is 3.38. The maximum Gasteiger partial charge on any atom is 0.0212 e. The second-order valence-corrected chi connectivity index (χ2v) is 5.66. The summed E-state index contributed by atoms with van der Waals surface area (Å²) in [7, 11) is 0. The lowest BCUT2D eigenvalue weighted by atomic mass is 10.0. The third kappa shape index (κ3) is 4.05. The van der Waals surface area contributed by atoms with Crippen molar-refractivity contribution in [1.82, 2.24) is 5.32 Å². The molecule has 2 aromatic carbocycles. The summed E-state index contributed by atoms with van der Waals surface area (Å²) in [5.74, 6) is 0.661. The SMILES string of the molecule is CC(C)CC(N)CNCc1cccc2ccccc12. The van der Waals surface area contributed by atoms with Crippen LogP contribution < -0.4 is 11.1 Å². The van der Waals surface area contributed by atoms with Crippen LogP contribution in [0.15, 0.2) is 42.5 Å². The Morgan fingerprint density at radius 1 is 1.05 bits per heavy atom. The normalized spacial score (nSPS) is 13.1. The van der Waals surface area contributed by atoms with Gasteiger partial charge in [-0.05, 0) is 28.7 Å². The minimum atomic E-state index is 0.245. The van der Waals surface area contributed by atoms with Gasteiger partial charge in [-0.3, -0.25) is 0 Å². The molecule has 0 aliphatic rings. The molecular formula is C17H24N2. The lowest BCUT2D eigenvalue weighted by Gasteiger charge is -2.15. The number of fused-ring (bicyclic) bond motifs is 1. The zero-order chi connectivity index (χ0) is 13.7. The number of hydrogen-bond donors (Lipinski definition) is 2. The van der Waals surface area contributed by atoms with E-state index in [9.17, 15) is 0 Å². The third-order valence-electron chi connectivity index (χ3n) is 3.38. The summed E-state index contributed by atoms with van der Waals surface area (Å²) in [4.78, 5) is 0. The van der Waals surface area contributed by atoms with Crippen molar-refractivity contribution in [2.75, 3.05) is 6.54 Å². The van der Waals surface area contributed by atoms with Gasteiger partial charge in [0.15, 0.2) is 0 Å². The Morgan fingerprint density at radius 2 is 1.79 bits per heavy atom. The van der Waals surface area contributed by atoms with Gasteiger partial charge in [-0.25, -0.2) is 0 Å². The van der Waals surface area contributed by atoms with Gasteiger partial charge in [0, 0.05) is 19.1 Å². The van der Waals surface area contributed by atoms with Crippen molar-refractivity contribution in [3.05, 3.63) is 48.0 Å². The molecule has 2 heteroatoms. The average molecular weight is 256 g/mol. The van der Waals surface area contributed by atoms with Gasteiger partial charge in [-0.1, -0.05) is 56.3 Å². The van der Waals surface area contributed by atoms with Crippen LogP contribution in [0.1, 0.15) is 25.8 Å². The van der Waals surface area contributed by atoms with E-state index in [1.54, 1.807) is 0 Å². The van der Waals surface area contributed by atoms with Crippen LogP contribution in [0.25, 0.3) is 10.8 Å². The average Bonchev–Trinajstić information content (AvgIpc) is 2.38. The van der Waals surface area contributed by atoms with Crippen molar-refractivity contribution >= 4 is 10.8 Å². The quantitative estimate of drug-likeness (QED) is 0.832. The van der Waals surface area contributed by atoms with Crippen LogP contribution in [-0.4, -0.2) is 12.6 Å². The van der Waals surface area contributed by atoms with Gasteiger partial charge < -0.3 is 11.1 Å². The van der Waals surface area contributed by atoms with E-state index < -0.39 is 0 Å². The summed E-state index contributed by atoms with van der Waals surface area (Å²) in [5, 5.41) is 6.10. The molecule has 0 spiro atoms. The largest absolute Gasteiger partial charge is 0.327 e. The topological polar surface area (TPSA) is 38.0 Å². The molecule has 0 fully saturated rings. The Labute approximate surface area is 116 Å². The molecule has 2 aromatic rings. The fourth-order valence-corrected chi connectivity index (χ4v) is 2.53. The van der Waals surface area contributed by atoms with Crippen molar-refractivity contribution in [3.8, 4) is 0 Å². The molecule has 0 aromatic heterocycles. The second kappa shape index (κ2) is 6.69. The number of hydrogen-bond acceptors (Lipinski definition) is 2. The molecule has 0 bridgehead atoms. The van der Waals surface area contributed by atoms with E-state index >= 15 is 0 Å². The first kappa shape index (κ1) is 14.0. The highest BCUT2D eigenvalue weighted by molar-refractivity contribution is 5.85. The van der Waals surface area contributed by atoms with Crippen molar-refractivity contribution in [2.24, 2.45) is 11.7 Å². The smallest absolute Gasteiger partial charge is 0.0212 e. The van der Waals surface area contributed by atoms with E-state index in [0.29, 0.717) is 5.92 Å². The number of benzene rings is 2. The molecule has 1 unspecified atom stereocenters. The van der Waals surface area contributed by atoms with E-state index in [4.69, 9.17) is 5.73 Å². The van der Waals surface area contributed by atoms with Gasteiger partial charge in [-0.2, -0.15) is 0 Å². The Balaban J connectivity index is 1.95. The minimum Gasteiger partial charge on any atom is -0.327 e. The highest BCUT2D eigenvalue weighted by Gasteiger charge is 2.05. The summed E-state index contributed by atoms with van der Waals surface area (Å²) in [6.07, 6.45) is 1.07. The van der Waals surface area contributed by atoms with Gasteiger partial charge in [0.1, 0.15) is 0 Å². The van der Waals surface area contributed by atoms with Crippen molar-refractivity contribution in [2.45, 2.75) is 32.9 Å². The van der Waals surface area contributed by atoms with Crippen LogP contribution in [0.2, 0.25) is 0 Å². The zero-order valence-corrected chi connectivity index (χ0v) is 11.9. The summed E-state index contributed by atoms with van der Waals surface area (Å²) in [6, 6.07) is 15.2. The molecule has 0 heterocycles. The van der Waals surface area contributed by atoms with E-state index in [0.717, 1.165) is 19.5 Å². The molecule has 19 heavy (non-hydrogen) atoms. The molecule has 0 aliphatic heterocycles. The first-order valence-corrected chi connectivity index (χ1v) is 7.09. The lowest BCUT2D eigenvalue weighted by Crippen LogP contribution is -2.34. The van der Waals surface area contributed by atoms with Crippen molar-refractivity contribution in [1.29, 1.82) is 0 Å². The predicted octanol–water partition coefficient (Wildman–Crippen LogP) is 3.30. The molecule has 102 valence electrons. The summed E-state index contributed by atoms with van der Waals surface area (Å²) in [6.45, 7) is 6.18. The molecule has 0 aliphatic carbocycles. The number of nitrogens with two attached hydrogens (primary N) is 1. The first-order valence-electron chi connectivity index (χ1n) is 7.09. The standard InChI is InChI=1S/C17H24N2/c1-13(2)10-16(18)12-19-11-15-8-5-7-14-6-3-4-9-17(14)15/h3-9,13,16,19H,10-12,18H2,1-2H3. The van der Waals surface area contributed by atoms with Crippen LogP contribution in [-0.2, 0) is 6.54 Å². The van der Waals surface area contributed by atoms with E-state index in [2.05, 4.69) is 61.6 Å². The Kier molecular flexibility index (Phi) is 4.94. The minimum absolute atomic E-state index is 0.245. The summed E-state index contributed by atoms with van der Waals surface area (Å²) in [5.41, 5.74) is 7.43. The fraction of sp³-hybridized carbons (Fsp3) is 0.412. The highest BCUT2D eigenvalue weighted by atomic mass is 14.9. The summed E-state index contributed by atoms with van der Waals surface area (Å²) >= 11 is 0. The zero-order valence-electron chi connectivity index (χ0n) is 11.9. The van der Waals surface area contributed by atoms with Crippen LogP contribution in [0.3, 0.4) is 0 Å². The Hall–Kier alpha value is -1.38. The van der Waals surface area contributed by atoms with Crippen LogP contribution >= 0.6 is 0 Å². The van der Waals surface area contributed by atoms with E-state index in [1.165, 1.54) is 16.3 Å². The molecule has 0 amide bonds. The molecule has 0 saturated carbocycles.